The SMILES string of the molecule is C[C@H](CCC(=O)O)[C@H]1CC[C@H]2[C@@H]3CC[C@@H]4CCCC[C@]4(C)C3=CC[C@]12C. The standard InChI is InChI=1S/C24H38O2/c1-16(7-12-22(25)26)19-10-11-20-18-9-8-17-6-4-5-14-23(17,2)21(18)13-15-24(19,20)3/h13,16-20H,4-12,14-15H2,1-3H3,(H,25,26)/t16-,17+,18+,19-,20+,23+,24-/m1/s1. The van der Waals surface area contributed by atoms with Gasteiger partial charge in [0.05, 0.1) is 0 Å². The summed E-state index contributed by atoms with van der Waals surface area (Å²) in [5.74, 6) is 3.23. The zero-order valence-corrected chi connectivity index (χ0v) is 17.1. The van der Waals surface area contributed by atoms with Crippen molar-refractivity contribution in [2.75, 3.05) is 0 Å². The van der Waals surface area contributed by atoms with E-state index in [9.17, 15) is 4.79 Å². The van der Waals surface area contributed by atoms with E-state index >= 15 is 0 Å². The van der Waals surface area contributed by atoms with Crippen molar-refractivity contribution in [2.45, 2.75) is 91.4 Å². The van der Waals surface area contributed by atoms with Crippen molar-refractivity contribution in [3.63, 3.8) is 0 Å². The quantitative estimate of drug-likeness (QED) is 0.586. The molecule has 2 heteroatoms. The second kappa shape index (κ2) is 6.67. The molecule has 0 aliphatic heterocycles. The molecule has 0 amide bonds. The Bertz CT molecular complexity index is 593. The first-order valence-corrected chi connectivity index (χ1v) is 11.3. The molecule has 146 valence electrons. The van der Waals surface area contributed by atoms with Crippen LogP contribution in [-0.4, -0.2) is 11.1 Å². The van der Waals surface area contributed by atoms with Crippen LogP contribution in [0, 0.1) is 40.4 Å². The van der Waals surface area contributed by atoms with Gasteiger partial charge in [0.25, 0.3) is 0 Å². The predicted molar refractivity (Wildman–Crippen MR) is 106 cm³/mol. The molecule has 4 aliphatic carbocycles. The van der Waals surface area contributed by atoms with E-state index < -0.39 is 5.97 Å². The lowest BCUT2D eigenvalue weighted by Crippen LogP contribution is -2.47. The molecular formula is C24H38O2. The average molecular weight is 359 g/mol. The van der Waals surface area contributed by atoms with Crippen LogP contribution < -0.4 is 0 Å². The minimum atomic E-state index is -0.633. The highest BCUT2D eigenvalue weighted by molar-refractivity contribution is 5.66. The Hall–Kier alpha value is -0.790. The first-order valence-electron chi connectivity index (χ1n) is 11.3. The third-order valence-electron chi connectivity index (χ3n) is 9.52. The van der Waals surface area contributed by atoms with E-state index in [4.69, 9.17) is 5.11 Å². The largest absolute Gasteiger partial charge is 0.481 e. The zero-order chi connectivity index (χ0) is 18.5. The Morgan fingerprint density at radius 3 is 2.77 bits per heavy atom. The van der Waals surface area contributed by atoms with Crippen LogP contribution in [-0.2, 0) is 4.79 Å². The van der Waals surface area contributed by atoms with Crippen molar-refractivity contribution in [1.82, 2.24) is 0 Å². The van der Waals surface area contributed by atoms with Crippen molar-refractivity contribution in [3.8, 4) is 0 Å². The summed E-state index contributed by atoms with van der Waals surface area (Å²) >= 11 is 0. The number of aliphatic carboxylic acids is 1. The van der Waals surface area contributed by atoms with Gasteiger partial charge in [-0.25, -0.2) is 0 Å². The molecule has 0 radical (unpaired) electrons. The summed E-state index contributed by atoms with van der Waals surface area (Å²) in [5.41, 5.74) is 2.76. The Balaban J connectivity index is 1.57. The molecule has 7 atom stereocenters. The molecule has 4 rings (SSSR count). The molecule has 0 aromatic heterocycles. The molecule has 1 N–H and O–H groups in total. The second-order valence-corrected chi connectivity index (χ2v) is 10.6. The Morgan fingerprint density at radius 2 is 2.00 bits per heavy atom. The van der Waals surface area contributed by atoms with Gasteiger partial charge in [-0.05, 0) is 91.8 Å². The van der Waals surface area contributed by atoms with Gasteiger partial charge in [0.15, 0.2) is 0 Å². The van der Waals surface area contributed by atoms with Crippen LogP contribution in [0.3, 0.4) is 0 Å². The number of carboxylic acid groups (broad SMARTS) is 1. The van der Waals surface area contributed by atoms with Crippen LogP contribution in [0.1, 0.15) is 91.4 Å². The smallest absolute Gasteiger partial charge is 0.303 e. The maximum atomic E-state index is 11.0. The molecule has 0 spiro atoms. The van der Waals surface area contributed by atoms with Crippen molar-refractivity contribution >= 4 is 5.97 Å². The maximum Gasteiger partial charge on any atom is 0.303 e. The molecule has 0 aromatic carbocycles. The van der Waals surface area contributed by atoms with Crippen molar-refractivity contribution in [3.05, 3.63) is 11.6 Å². The van der Waals surface area contributed by atoms with E-state index in [2.05, 4.69) is 26.8 Å². The Labute approximate surface area is 159 Å². The van der Waals surface area contributed by atoms with Gasteiger partial charge >= 0.3 is 5.97 Å². The number of allylic oxidation sites excluding steroid dienone is 2. The zero-order valence-electron chi connectivity index (χ0n) is 17.1. The van der Waals surface area contributed by atoms with Gasteiger partial charge in [0, 0.05) is 6.42 Å². The van der Waals surface area contributed by atoms with Gasteiger partial charge in [-0.1, -0.05) is 45.3 Å². The van der Waals surface area contributed by atoms with Crippen molar-refractivity contribution < 1.29 is 9.90 Å². The Morgan fingerprint density at radius 1 is 1.19 bits per heavy atom. The molecule has 0 saturated heterocycles. The summed E-state index contributed by atoms with van der Waals surface area (Å²) in [5, 5.41) is 9.09. The highest BCUT2D eigenvalue weighted by Crippen LogP contribution is 2.66. The van der Waals surface area contributed by atoms with Crippen LogP contribution in [0.2, 0.25) is 0 Å². The highest BCUT2D eigenvalue weighted by Gasteiger charge is 2.57. The molecule has 0 bridgehead atoms. The van der Waals surface area contributed by atoms with Gasteiger partial charge in [0.2, 0.25) is 0 Å². The molecule has 4 aliphatic rings. The monoisotopic (exact) mass is 358 g/mol. The molecule has 0 heterocycles. The second-order valence-electron chi connectivity index (χ2n) is 10.6. The molecule has 0 unspecified atom stereocenters. The number of fused-ring (bicyclic) bond motifs is 5. The number of carboxylic acids is 1. The number of hydrogen-bond acceptors (Lipinski definition) is 1. The lowest BCUT2D eigenvalue weighted by Gasteiger charge is -2.56. The van der Waals surface area contributed by atoms with Gasteiger partial charge in [-0.2, -0.15) is 0 Å². The first kappa shape index (κ1) is 18.6. The highest BCUT2D eigenvalue weighted by atomic mass is 16.4. The van der Waals surface area contributed by atoms with Gasteiger partial charge in [0.1, 0.15) is 0 Å². The minimum Gasteiger partial charge on any atom is -0.481 e. The molecule has 3 saturated carbocycles. The summed E-state index contributed by atoms with van der Waals surface area (Å²) in [4.78, 5) is 11.0. The van der Waals surface area contributed by atoms with Crippen LogP contribution >= 0.6 is 0 Å². The van der Waals surface area contributed by atoms with Crippen molar-refractivity contribution in [1.29, 1.82) is 0 Å². The molecule has 3 fully saturated rings. The molecule has 26 heavy (non-hydrogen) atoms. The van der Waals surface area contributed by atoms with E-state index in [-0.39, 0.29) is 0 Å². The summed E-state index contributed by atoms with van der Waals surface area (Å²) in [6.45, 7) is 7.47. The molecular weight excluding hydrogens is 320 g/mol. The number of carbonyl (C=O) groups is 1. The summed E-state index contributed by atoms with van der Waals surface area (Å²) in [6.07, 6.45) is 16.4. The van der Waals surface area contributed by atoms with E-state index in [0.29, 0.717) is 29.1 Å². The van der Waals surface area contributed by atoms with Crippen molar-refractivity contribution in [2.24, 2.45) is 40.4 Å². The summed E-state index contributed by atoms with van der Waals surface area (Å²) in [6, 6.07) is 0. The fourth-order valence-electron chi connectivity index (χ4n) is 8.08. The normalized spacial score (nSPS) is 45.9. The fraction of sp³-hybridized carbons (Fsp3) is 0.875. The summed E-state index contributed by atoms with van der Waals surface area (Å²) < 4.78 is 0. The molecule has 0 aromatic rings. The number of rotatable bonds is 4. The van der Waals surface area contributed by atoms with E-state index in [1.54, 1.807) is 0 Å². The number of hydrogen-bond donors (Lipinski definition) is 1. The lowest BCUT2D eigenvalue weighted by molar-refractivity contribution is -0.137. The average Bonchev–Trinajstić information content (AvgIpc) is 2.96. The van der Waals surface area contributed by atoms with Gasteiger partial charge in [-0.15, -0.1) is 0 Å². The topological polar surface area (TPSA) is 37.3 Å². The predicted octanol–water partition coefficient (Wildman–Crippen LogP) is 6.46. The fourth-order valence-corrected chi connectivity index (χ4v) is 8.08. The lowest BCUT2D eigenvalue weighted by atomic mass is 9.48. The van der Waals surface area contributed by atoms with Gasteiger partial charge < -0.3 is 5.11 Å². The van der Waals surface area contributed by atoms with Crippen LogP contribution in [0.4, 0.5) is 0 Å². The third kappa shape index (κ3) is 2.78. The van der Waals surface area contributed by atoms with Crippen LogP contribution in [0.5, 0.6) is 0 Å². The van der Waals surface area contributed by atoms with Gasteiger partial charge in [-0.3, -0.25) is 4.79 Å². The minimum absolute atomic E-state index is 0.336. The van der Waals surface area contributed by atoms with Crippen LogP contribution in [0.15, 0.2) is 11.6 Å². The Kier molecular flexibility index (Phi) is 4.77. The summed E-state index contributed by atoms with van der Waals surface area (Å²) in [7, 11) is 0. The maximum absolute atomic E-state index is 11.0. The first-order chi connectivity index (χ1) is 12.4. The van der Waals surface area contributed by atoms with E-state index in [1.807, 2.05) is 5.57 Å². The third-order valence-corrected chi connectivity index (χ3v) is 9.52. The van der Waals surface area contributed by atoms with E-state index in [1.165, 1.54) is 57.8 Å². The molecule has 2 nitrogen and oxygen atoms in total. The van der Waals surface area contributed by atoms with Crippen LogP contribution in [0.25, 0.3) is 0 Å². The van der Waals surface area contributed by atoms with E-state index in [0.717, 1.165) is 24.2 Å².